The van der Waals surface area contributed by atoms with Crippen molar-refractivity contribution in [3.8, 4) is 0 Å². The number of carbonyl (C=O) groups is 2. The summed E-state index contributed by atoms with van der Waals surface area (Å²) in [4.78, 5) is 31.7. The summed E-state index contributed by atoms with van der Waals surface area (Å²) in [6.07, 6.45) is 1.53. The molecule has 10 heteroatoms. The van der Waals surface area contributed by atoms with Gasteiger partial charge < -0.3 is 15.3 Å². The predicted molar refractivity (Wildman–Crippen MR) is 124 cm³/mol. The number of nitrogens with zero attached hydrogens (tertiary/aromatic N) is 2. The zero-order valence-electron chi connectivity index (χ0n) is 18.2. The van der Waals surface area contributed by atoms with Crippen LogP contribution in [0.25, 0.3) is 0 Å². The van der Waals surface area contributed by atoms with E-state index in [1.807, 2.05) is 0 Å². The summed E-state index contributed by atoms with van der Waals surface area (Å²) in [5, 5.41) is 12.0. The third-order valence-electron chi connectivity index (χ3n) is 5.90. The van der Waals surface area contributed by atoms with Crippen LogP contribution in [0, 0.1) is 5.92 Å². The lowest BCUT2D eigenvalue weighted by atomic mass is 9.97. The zero-order chi connectivity index (χ0) is 23.6. The van der Waals surface area contributed by atoms with Crippen molar-refractivity contribution in [2.75, 3.05) is 25.0 Å². The largest absolute Gasteiger partial charge is 0.396 e. The summed E-state index contributed by atoms with van der Waals surface area (Å²) in [6.45, 7) is 2.88. The number of benzene rings is 2. The monoisotopic (exact) mass is 470 g/mol. The number of hydrogen-bond donors (Lipinski definition) is 3. The molecule has 9 nitrogen and oxygen atoms in total. The lowest BCUT2D eigenvalue weighted by Crippen LogP contribution is -2.39. The molecule has 174 valence electrons. The van der Waals surface area contributed by atoms with Crippen molar-refractivity contribution in [2.45, 2.75) is 30.7 Å². The van der Waals surface area contributed by atoms with Crippen LogP contribution >= 0.6 is 0 Å². The van der Waals surface area contributed by atoms with Crippen molar-refractivity contribution in [2.24, 2.45) is 10.9 Å². The summed E-state index contributed by atoms with van der Waals surface area (Å²) < 4.78 is 26.9. The molecule has 2 heterocycles. The molecular formula is C23H26N4O5S. The molecule has 0 aliphatic carbocycles. The average molecular weight is 471 g/mol. The number of aliphatic imine (C=N–C) groups is 1. The number of aliphatic hydroxyl groups is 1. The molecule has 0 spiro atoms. The van der Waals surface area contributed by atoms with E-state index < -0.39 is 22.0 Å². The molecule has 0 aromatic heterocycles. The summed E-state index contributed by atoms with van der Waals surface area (Å²) in [5.41, 5.74) is 1.34. The third kappa shape index (κ3) is 4.91. The minimum atomic E-state index is -3.68. The van der Waals surface area contributed by atoms with E-state index in [2.05, 4.69) is 15.0 Å². The van der Waals surface area contributed by atoms with Gasteiger partial charge in [0.1, 0.15) is 11.9 Å². The maximum atomic E-state index is 12.8. The molecule has 1 fully saturated rings. The fourth-order valence-electron chi connectivity index (χ4n) is 3.96. The van der Waals surface area contributed by atoms with Crippen LogP contribution in [0.2, 0.25) is 0 Å². The Hall–Kier alpha value is -3.24. The van der Waals surface area contributed by atoms with Crippen molar-refractivity contribution in [1.82, 2.24) is 9.62 Å². The SMILES string of the molecule is C[C@H](N=C1NS(=O)(=O)c2ccccc21)C(=O)Nc1cccc(C(=O)N2CCC(CO)CC2)c1. The molecule has 2 aliphatic heterocycles. The molecule has 2 aliphatic rings. The molecular weight excluding hydrogens is 444 g/mol. The van der Waals surface area contributed by atoms with Crippen LogP contribution < -0.4 is 10.0 Å². The van der Waals surface area contributed by atoms with Crippen LogP contribution in [0.5, 0.6) is 0 Å². The van der Waals surface area contributed by atoms with Crippen molar-refractivity contribution < 1.29 is 23.1 Å². The molecule has 2 amide bonds. The molecule has 1 atom stereocenters. The van der Waals surface area contributed by atoms with Gasteiger partial charge in [-0.05, 0) is 56.0 Å². The Morgan fingerprint density at radius 3 is 2.64 bits per heavy atom. The number of rotatable bonds is 5. The van der Waals surface area contributed by atoms with Gasteiger partial charge in [-0.15, -0.1) is 0 Å². The highest BCUT2D eigenvalue weighted by Gasteiger charge is 2.31. The fraction of sp³-hybridized carbons (Fsp3) is 0.348. The zero-order valence-corrected chi connectivity index (χ0v) is 19.0. The Bertz CT molecular complexity index is 1200. The van der Waals surface area contributed by atoms with Crippen LogP contribution in [0.15, 0.2) is 58.4 Å². The second-order valence-electron chi connectivity index (χ2n) is 8.24. The number of fused-ring (bicyclic) bond motifs is 1. The molecule has 2 aromatic carbocycles. The Kier molecular flexibility index (Phi) is 6.48. The molecule has 0 unspecified atom stereocenters. The number of carbonyl (C=O) groups excluding carboxylic acids is 2. The number of nitrogens with one attached hydrogen (secondary N) is 2. The van der Waals surface area contributed by atoms with Crippen LogP contribution in [-0.2, 0) is 14.8 Å². The second-order valence-corrected chi connectivity index (χ2v) is 9.89. The van der Waals surface area contributed by atoms with Gasteiger partial charge in [-0.3, -0.25) is 19.3 Å². The first-order chi connectivity index (χ1) is 15.8. The summed E-state index contributed by atoms with van der Waals surface area (Å²) >= 11 is 0. The highest BCUT2D eigenvalue weighted by atomic mass is 32.2. The average Bonchev–Trinajstić information content (AvgIpc) is 3.08. The first-order valence-electron chi connectivity index (χ1n) is 10.8. The number of piperidine rings is 1. The molecule has 0 bridgehead atoms. The van der Waals surface area contributed by atoms with Gasteiger partial charge in [-0.1, -0.05) is 18.2 Å². The molecule has 33 heavy (non-hydrogen) atoms. The maximum absolute atomic E-state index is 12.8. The van der Waals surface area contributed by atoms with Gasteiger partial charge in [0.05, 0.1) is 4.90 Å². The number of likely N-dealkylation sites (tertiary alicyclic amines) is 1. The van der Waals surface area contributed by atoms with E-state index in [-0.39, 0.29) is 29.2 Å². The number of amidine groups is 1. The Balaban J connectivity index is 1.44. The first-order valence-corrected chi connectivity index (χ1v) is 12.3. The van der Waals surface area contributed by atoms with Crippen molar-refractivity contribution in [1.29, 1.82) is 0 Å². The lowest BCUT2D eigenvalue weighted by molar-refractivity contribution is -0.117. The van der Waals surface area contributed by atoms with Crippen molar-refractivity contribution >= 4 is 33.4 Å². The lowest BCUT2D eigenvalue weighted by Gasteiger charge is -2.31. The van der Waals surface area contributed by atoms with Crippen LogP contribution in [-0.4, -0.2) is 61.8 Å². The predicted octanol–water partition coefficient (Wildman–Crippen LogP) is 1.60. The molecule has 2 aromatic rings. The third-order valence-corrected chi connectivity index (χ3v) is 7.30. The summed E-state index contributed by atoms with van der Waals surface area (Å²) in [7, 11) is -3.68. The van der Waals surface area contributed by atoms with E-state index in [0.29, 0.717) is 29.9 Å². The van der Waals surface area contributed by atoms with E-state index in [4.69, 9.17) is 0 Å². The Labute approximate surface area is 192 Å². The summed E-state index contributed by atoms with van der Waals surface area (Å²) in [5.74, 6) is -0.185. The van der Waals surface area contributed by atoms with E-state index in [1.165, 1.54) is 6.07 Å². The molecule has 1 saturated heterocycles. The van der Waals surface area contributed by atoms with Crippen molar-refractivity contribution in [3.63, 3.8) is 0 Å². The standard InChI is InChI=1S/C23H26N4O5S/c1-15(24-21-19-7-2-3-8-20(19)33(31,32)26-21)22(29)25-18-6-4-5-17(13-18)23(30)27-11-9-16(14-28)10-12-27/h2-8,13,15-16,28H,9-12,14H2,1H3,(H,24,26)(H,25,29)/t15-/m0/s1. The molecule has 4 rings (SSSR count). The normalized spacial score (nSPS) is 19.6. The topological polar surface area (TPSA) is 128 Å². The second kappa shape index (κ2) is 9.32. The Morgan fingerprint density at radius 1 is 1.18 bits per heavy atom. The van der Waals surface area contributed by atoms with Gasteiger partial charge in [0.2, 0.25) is 5.91 Å². The van der Waals surface area contributed by atoms with Crippen molar-refractivity contribution in [3.05, 3.63) is 59.7 Å². The van der Waals surface area contributed by atoms with Gasteiger partial charge in [-0.25, -0.2) is 8.42 Å². The number of hydrogen-bond acceptors (Lipinski definition) is 6. The number of aliphatic hydroxyl groups excluding tert-OH is 1. The first kappa shape index (κ1) is 22.9. The fourth-order valence-corrected chi connectivity index (χ4v) is 5.20. The van der Waals surface area contributed by atoms with E-state index in [1.54, 1.807) is 54.3 Å². The number of anilines is 1. The van der Waals surface area contributed by atoms with E-state index >= 15 is 0 Å². The van der Waals surface area contributed by atoms with Gasteiger partial charge in [0.25, 0.3) is 15.9 Å². The van der Waals surface area contributed by atoms with Gasteiger partial charge >= 0.3 is 0 Å². The minimum absolute atomic E-state index is 0.118. The number of sulfonamides is 1. The summed E-state index contributed by atoms with van der Waals surface area (Å²) in [6, 6.07) is 12.3. The van der Waals surface area contributed by atoms with E-state index in [9.17, 15) is 23.1 Å². The van der Waals surface area contributed by atoms with Crippen LogP contribution in [0.3, 0.4) is 0 Å². The van der Waals surface area contributed by atoms with Gasteiger partial charge in [0, 0.05) is 36.5 Å². The maximum Gasteiger partial charge on any atom is 0.263 e. The quantitative estimate of drug-likeness (QED) is 0.612. The highest BCUT2D eigenvalue weighted by molar-refractivity contribution is 7.90. The number of amides is 2. The van der Waals surface area contributed by atoms with Crippen LogP contribution in [0.1, 0.15) is 35.7 Å². The molecule has 3 N–H and O–H groups in total. The van der Waals surface area contributed by atoms with Crippen LogP contribution in [0.4, 0.5) is 5.69 Å². The van der Waals surface area contributed by atoms with Gasteiger partial charge in [0.15, 0.2) is 0 Å². The smallest absolute Gasteiger partial charge is 0.263 e. The van der Waals surface area contributed by atoms with E-state index in [0.717, 1.165) is 12.8 Å². The molecule has 0 saturated carbocycles. The van der Waals surface area contributed by atoms with Gasteiger partial charge in [-0.2, -0.15) is 0 Å². The Morgan fingerprint density at radius 2 is 1.91 bits per heavy atom. The highest BCUT2D eigenvalue weighted by Crippen LogP contribution is 2.23. The minimum Gasteiger partial charge on any atom is -0.396 e. The molecule has 0 radical (unpaired) electrons.